The number of hydrogen-bond acceptors (Lipinski definition) is 4. The average molecular weight is 410 g/mol. The van der Waals surface area contributed by atoms with Crippen LogP contribution < -0.4 is 4.90 Å². The number of rotatable bonds is 4. The first-order valence-electron chi connectivity index (χ1n) is 10.00. The Morgan fingerprint density at radius 1 is 1.40 bits per heavy atom. The second kappa shape index (κ2) is 6.50. The van der Waals surface area contributed by atoms with Gasteiger partial charge in [0.15, 0.2) is 0 Å². The molecule has 0 radical (unpaired) electrons. The molecule has 0 saturated carbocycles. The summed E-state index contributed by atoms with van der Waals surface area (Å²) in [5.74, 6) is -1.81. The average Bonchev–Trinajstić information content (AvgIpc) is 3.43. The molecular weight excluding hydrogens is 387 g/mol. The smallest absolute Gasteiger partial charge is 0.234 e. The number of hydrogen-bond donors (Lipinski definition) is 1. The standard InChI is InChI=1S/C22H23FN4O3/c1-12-8-14(23)4-5-16(12)27-11-22-7-6-17(30-22)18(19(22)21(27)29)20(28)26(3)10-15-9-13(2)24-25-15/h4-9,17-19H,10-11H2,1-3H3,(H,24,25)/t17-,18-,19+,22-/m0/s1. The van der Waals surface area contributed by atoms with Crippen molar-refractivity contribution in [2.75, 3.05) is 18.5 Å². The second-order valence-corrected chi connectivity index (χ2v) is 8.49. The van der Waals surface area contributed by atoms with Crippen LogP contribution in [0.25, 0.3) is 0 Å². The maximum Gasteiger partial charge on any atom is 0.234 e. The Morgan fingerprint density at radius 2 is 2.20 bits per heavy atom. The summed E-state index contributed by atoms with van der Waals surface area (Å²) in [5, 5.41) is 7.07. The summed E-state index contributed by atoms with van der Waals surface area (Å²) in [4.78, 5) is 30.0. The highest BCUT2D eigenvalue weighted by atomic mass is 19.1. The molecule has 3 aliphatic rings. The van der Waals surface area contributed by atoms with Gasteiger partial charge in [0.25, 0.3) is 0 Å². The maximum atomic E-state index is 13.6. The minimum absolute atomic E-state index is 0.136. The topological polar surface area (TPSA) is 78.5 Å². The molecule has 4 heterocycles. The summed E-state index contributed by atoms with van der Waals surface area (Å²) in [6, 6.07) is 6.25. The fourth-order valence-electron chi connectivity index (χ4n) is 5.04. The molecule has 1 aromatic heterocycles. The zero-order chi connectivity index (χ0) is 21.2. The Kier molecular flexibility index (Phi) is 4.12. The predicted octanol–water partition coefficient (Wildman–Crippen LogP) is 2.11. The summed E-state index contributed by atoms with van der Waals surface area (Å²) in [6.07, 6.45) is 3.39. The Bertz CT molecular complexity index is 1080. The molecular formula is C22H23FN4O3. The predicted molar refractivity (Wildman–Crippen MR) is 107 cm³/mol. The van der Waals surface area contributed by atoms with Gasteiger partial charge in [-0.25, -0.2) is 4.39 Å². The number of anilines is 1. The Morgan fingerprint density at radius 3 is 2.90 bits per heavy atom. The highest BCUT2D eigenvalue weighted by Crippen LogP contribution is 2.53. The first-order chi connectivity index (χ1) is 14.3. The monoisotopic (exact) mass is 410 g/mol. The normalized spacial score (nSPS) is 29.0. The van der Waals surface area contributed by atoms with E-state index in [-0.39, 0.29) is 17.6 Å². The van der Waals surface area contributed by atoms with Crippen LogP contribution in [0, 0.1) is 31.5 Å². The van der Waals surface area contributed by atoms with E-state index in [4.69, 9.17) is 4.74 Å². The number of carbonyl (C=O) groups excluding carboxylic acids is 2. The van der Waals surface area contributed by atoms with Crippen LogP contribution in [0.2, 0.25) is 0 Å². The van der Waals surface area contributed by atoms with Crippen molar-refractivity contribution in [3.8, 4) is 0 Å². The van der Waals surface area contributed by atoms with Gasteiger partial charge in [-0.3, -0.25) is 14.7 Å². The van der Waals surface area contributed by atoms with Gasteiger partial charge < -0.3 is 14.5 Å². The molecule has 2 bridgehead atoms. The highest BCUT2D eigenvalue weighted by molar-refractivity contribution is 6.03. The van der Waals surface area contributed by atoms with Gasteiger partial charge in [-0.15, -0.1) is 0 Å². The molecule has 2 saturated heterocycles. The number of carbonyl (C=O) groups is 2. The highest BCUT2D eigenvalue weighted by Gasteiger charge is 2.67. The molecule has 8 heteroatoms. The van der Waals surface area contributed by atoms with E-state index in [0.717, 1.165) is 11.4 Å². The Labute approximate surface area is 173 Å². The van der Waals surface area contributed by atoms with Crippen LogP contribution in [0.1, 0.15) is 17.0 Å². The lowest BCUT2D eigenvalue weighted by Gasteiger charge is -2.27. The number of amides is 2. The van der Waals surface area contributed by atoms with Crippen LogP contribution in [0.5, 0.6) is 0 Å². The molecule has 2 fully saturated rings. The van der Waals surface area contributed by atoms with Gasteiger partial charge in [-0.2, -0.15) is 5.10 Å². The van der Waals surface area contributed by atoms with Crippen molar-refractivity contribution in [3.63, 3.8) is 0 Å². The summed E-state index contributed by atoms with van der Waals surface area (Å²) < 4.78 is 19.7. The number of aromatic nitrogens is 2. The SMILES string of the molecule is Cc1cc(CN(C)C(=O)[C@H]2[C@@H]3C=C[C@@]4(CN(c5ccc(F)cc5C)C(=O)[C@@H]24)O3)n[nH]1. The number of aryl methyl sites for hydroxylation is 2. The van der Waals surface area contributed by atoms with Crippen LogP contribution in [0.4, 0.5) is 10.1 Å². The third-order valence-corrected chi connectivity index (χ3v) is 6.37. The van der Waals surface area contributed by atoms with Crippen molar-refractivity contribution in [3.05, 3.63) is 59.2 Å². The molecule has 4 atom stereocenters. The molecule has 30 heavy (non-hydrogen) atoms. The summed E-state index contributed by atoms with van der Waals surface area (Å²) in [5.41, 5.74) is 2.20. The van der Waals surface area contributed by atoms with E-state index in [1.54, 1.807) is 29.8 Å². The number of benzene rings is 1. The lowest BCUT2D eigenvalue weighted by Crippen LogP contribution is -2.44. The minimum atomic E-state index is -0.813. The van der Waals surface area contributed by atoms with Crippen LogP contribution >= 0.6 is 0 Å². The van der Waals surface area contributed by atoms with Crippen molar-refractivity contribution in [1.29, 1.82) is 0 Å². The number of H-pyrrole nitrogens is 1. The quantitative estimate of drug-likeness (QED) is 0.784. The second-order valence-electron chi connectivity index (χ2n) is 8.49. The van der Waals surface area contributed by atoms with E-state index in [9.17, 15) is 14.0 Å². The zero-order valence-electron chi connectivity index (χ0n) is 17.1. The van der Waals surface area contributed by atoms with Crippen molar-refractivity contribution in [1.82, 2.24) is 15.1 Å². The number of ether oxygens (including phenoxy) is 1. The van der Waals surface area contributed by atoms with Gasteiger partial charge in [0.2, 0.25) is 11.8 Å². The van der Waals surface area contributed by atoms with Gasteiger partial charge in [-0.05, 0) is 43.7 Å². The van der Waals surface area contributed by atoms with Gasteiger partial charge in [-0.1, -0.05) is 12.2 Å². The summed E-state index contributed by atoms with van der Waals surface area (Å²) in [6.45, 7) is 4.35. The maximum absolute atomic E-state index is 13.6. The number of aromatic amines is 1. The van der Waals surface area contributed by atoms with E-state index in [0.29, 0.717) is 24.3 Å². The lowest BCUT2D eigenvalue weighted by atomic mass is 9.76. The zero-order valence-corrected chi connectivity index (χ0v) is 17.1. The van der Waals surface area contributed by atoms with Crippen LogP contribution in [-0.4, -0.2) is 52.2 Å². The fourth-order valence-corrected chi connectivity index (χ4v) is 5.04. The van der Waals surface area contributed by atoms with Crippen molar-refractivity contribution < 1.29 is 18.7 Å². The van der Waals surface area contributed by atoms with Gasteiger partial charge in [0.1, 0.15) is 11.4 Å². The van der Waals surface area contributed by atoms with Gasteiger partial charge >= 0.3 is 0 Å². The van der Waals surface area contributed by atoms with Gasteiger partial charge in [0.05, 0.1) is 36.7 Å². The number of nitrogens with one attached hydrogen (secondary N) is 1. The Hall–Kier alpha value is -3.00. The summed E-state index contributed by atoms with van der Waals surface area (Å²) >= 11 is 0. The molecule has 156 valence electrons. The first-order valence-corrected chi connectivity index (χ1v) is 10.00. The van der Waals surface area contributed by atoms with Crippen molar-refractivity contribution in [2.24, 2.45) is 11.8 Å². The van der Waals surface area contributed by atoms with E-state index in [2.05, 4.69) is 10.2 Å². The molecule has 3 aliphatic heterocycles. The van der Waals surface area contributed by atoms with Crippen LogP contribution in [0.15, 0.2) is 36.4 Å². The molecule has 0 unspecified atom stereocenters. The van der Waals surface area contributed by atoms with Crippen LogP contribution in [-0.2, 0) is 20.9 Å². The molecule has 7 nitrogen and oxygen atoms in total. The summed E-state index contributed by atoms with van der Waals surface area (Å²) in [7, 11) is 1.72. The van der Waals surface area contributed by atoms with E-state index in [1.807, 2.05) is 25.1 Å². The number of fused-ring (bicyclic) bond motifs is 1. The van der Waals surface area contributed by atoms with Gasteiger partial charge in [0, 0.05) is 18.4 Å². The van der Waals surface area contributed by atoms with Crippen molar-refractivity contribution >= 4 is 17.5 Å². The molecule has 0 aliphatic carbocycles. The molecule has 5 rings (SSSR count). The fraction of sp³-hybridized carbons (Fsp3) is 0.409. The largest absolute Gasteiger partial charge is 0.360 e. The van der Waals surface area contributed by atoms with E-state index >= 15 is 0 Å². The van der Waals surface area contributed by atoms with E-state index in [1.165, 1.54) is 12.1 Å². The first kappa shape index (κ1) is 19.0. The molecule has 1 spiro atoms. The lowest BCUT2D eigenvalue weighted by molar-refractivity contribution is -0.139. The van der Waals surface area contributed by atoms with Crippen molar-refractivity contribution in [2.45, 2.75) is 32.1 Å². The molecule has 1 aromatic carbocycles. The van der Waals surface area contributed by atoms with E-state index < -0.39 is 23.5 Å². The number of halogens is 1. The van der Waals surface area contributed by atoms with Crippen LogP contribution in [0.3, 0.4) is 0 Å². The number of nitrogens with zero attached hydrogens (tertiary/aromatic N) is 3. The molecule has 1 N–H and O–H groups in total. The third-order valence-electron chi connectivity index (χ3n) is 6.37. The third kappa shape index (κ3) is 2.70. The minimum Gasteiger partial charge on any atom is -0.360 e. The molecule has 2 amide bonds. The Balaban J connectivity index is 1.43. The molecule has 2 aromatic rings.